The van der Waals surface area contributed by atoms with Crippen molar-refractivity contribution in [2.45, 2.75) is 18.9 Å². The lowest BCUT2D eigenvalue weighted by atomic mass is 10.1. The number of nitrogens with zero attached hydrogens (tertiary/aromatic N) is 4. The number of aromatic nitrogens is 3. The van der Waals surface area contributed by atoms with Crippen LogP contribution in [0.3, 0.4) is 0 Å². The molecule has 1 aliphatic heterocycles. The van der Waals surface area contributed by atoms with Crippen molar-refractivity contribution in [1.29, 1.82) is 0 Å². The van der Waals surface area contributed by atoms with Gasteiger partial charge in [0.05, 0.1) is 19.0 Å². The van der Waals surface area contributed by atoms with Gasteiger partial charge in [-0.05, 0) is 57.2 Å². The number of fused-ring (bicyclic) bond motifs is 1. The zero-order valence-corrected chi connectivity index (χ0v) is 16.1. The molecule has 1 fully saturated rings. The molecule has 146 valence electrons. The fourth-order valence-corrected chi connectivity index (χ4v) is 3.43. The number of methoxy groups -OCH3 is 1. The molecule has 0 bridgehead atoms. The summed E-state index contributed by atoms with van der Waals surface area (Å²) in [7, 11) is 3.49. The highest BCUT2D eigenvalue weighted by atomic mass is 16.5. The van der Waals surface area contributed by atoms with Crippen LogP contribution in [0.1, 0.15) is 12.8 Å². The molecule has 0 atom stereocenters. The molecule has 8 heteroatoms. The number of anilines is 2. The predicted octanol–water partition coefficient (Wildman–Crippen LogP) is 3.08. The summed E-state index contributed by atoms with van der Waals surface area (Å²) in [5, 5.41) is 11.0. The van der Waals surface area contributed by atoms with Crippen LogP contribution in [0.25, 0.3) is 16.9 Å². The van der Waals surface area contributed by atoms with Crippen molar-refractivity contribution in [3.05, 3.63) is 42.6 Å². The summed E-state index contributed by atoms with van der Waals surface area (Å²) in [6, 6.07) is 11.9. The second-order valence-electron chi connectivity index (χ2n) is 7.05. The van der Waals surface area contributed by atoms with Gasteiger partial charge < -0.3 is 15.0 Å². The van der Waals surface area contributed by atoms with Gasteiger partial charge in [-0.2, -0.15) is 0 Å². The monoisotopic (exact) mass is 380 g/mol. The van der Waals surface area contributed by atoms with Crippen LogP contribution in [-0.2, 0) is 4.74 Å². The molecular formula is C20H24N6O2. The Bertz CT molecular complexity index is 978. The number of carbonyl (C=O) groups excluding carboxylic acids is 1. The van der Waals surface area contributed by atoms with E-state index in [1.807, 2.05) is 40.9 Å². The van der Waals surface area contributed by atoms with E-state index in [0.29, 0.717) is 11.7 Å². The number of rotatable bonds is 4. The minimum atomic E-state index is -0.502. The lowest BCUT2D eigenvalue weighted by molar-refractivity contribution is 0.187. The van der Waals surface area contributed by atoms with Crippen LogP contribution in [-0.4, -0.2) is 58.9 Å². The molecule has 0 aliphatic carbocycles. The van der Waals surface area contributed by atoms with Gasteiger partial charge in [0.1, 0.15) is 5.82 Å². The fourth-order valence-electron chi connectivity index (χ4n) is 3.43. The van der Waals surface area contributed by atoms with Gasteiger partial charge in [0, 0.05) is 17.3 Å². The Balaban J connectivity index is 1.60. The first-order chi connectivity index (χ1) is 13.6. The molecule has 0 unspecified atom stereocenters. The highest BCUT2D eigenvalue weighted by Gasteiger charge is 2.17. The van der Waals surface area contributed by atoms with Crippen LogP contribution in [0, 0.1) is 0 Å². The maximum atomic E-state index is 11.5. The first-order valence-electron chi connectivity index (χ1n) is 9.37. The molecule has 3 aromatic rings. The molecule has 2 aromatic heterocycles. The van der Waals surface area contributed by atoms with Gasteiger partial charge >= 0.3 is 6.09 Å². The molecular weight excluding hydrogens is 356 g/mol. The highest BCUT2D eigenvalue weighted by Crippen LogP contribution is 2.24. The van der Waals surface area contributed by atoms with E-state index in [2.05, 4.69) is 32.3 Å². The van der Waals surface area contributed by atoms with E-state index in [9.17, 15) is 4.79 Å². The summed E-state index contributed by atoms with van der Waals surface area (Å²) >= 11 is 0. The van der Waals surface area contributed by atoms with Crippen LogP contribution < -0.4 is 10.6 Å². The molecule has 8 nitrogen and oxygen atoms in total. The Morgan fingerprint density at radius 2 is 2.04 bits per heavy atom. The fraction of sp³-hybridized carbons (Fsp3) is 0.350. The minimum absolute atomic E-state index is 0.431. The molecule has 1 aromatic carbocycles. The normalized spacial score (nSPS) is 15.5. The third kappa shape index (κ3) is 3.91. The molecule has 28 heavy (non-hydrogen) atoms. The van der Waals surface area contributed by atoms with Gasteiger partial charge in [-0.15, -0.1) is 5.10 Å². The van der Waals surface area contributed by atoms with Gasteiger partial charge in [-0.1, -0.05) is 12.1 Å². The van der Waals surface area contributed by atoms with E-state index in [0.717, 1.165) is 48.7 Å². The third-order valence-corrected chi connectivity index (χ3v) is 5.02. The first kappa shape index (κ1) is 18.2. The average Bonchev–Trinajstić information content (AvgIpc) is 3.13. The topological polar surface area (TPSA) is 83.8 Å². The van der Waals surface area contributed by atoms with E-state index >= 15 is 0 Å². The molecule has 0 spiro atoms. The van der Waals surface area contributed by atoms with Crippen molar-refractivity contribution < 1.29 is 9.53 Å². The molecule has 1 amide bonds. The van der Waals surface area contributed by atoms with Crippen LogP contribution >= 0.6 is 0 Å². The van der Waals surface area contributed by atoms with Crippen LogP contribution in [0.15, 0.2) is 42.6 Å². The lowest BCUT2D eigenvalue weighted by Crippen LogP contribution is -2.36. The number of benzene rings is 1. The quantitative estimate of drug-likeness (QED) is 0.724. The molecule has 1 aliphatic rings. The lowest BCUT2D eigenvalue weighted by Gasteiger charge is -2.29. The van der Waals surface area contributed by atoms with Crippen molar-refractivity contribution >= 4 is 23.2 Å². The Morgan fingerprint density at radius 3 is 2.82 bits per heavy atom. The van der Waals surface area contributed by atoms with E-state index < -0.39 is 6.09 Å². The van der Waals surface area contributed by atoms with Crippen LogP contribution in [0.2, 0.25) is 0 Å². The molecule has 4 rings (SSSR count). The maximum Gasteiger partial charge on any atom is 0.411 e. The summed E-state index contributed by atoms with van der Waals surface area (Å²) < 4.78 is 6.49. The van der Waals surface area contributed by atoms with E-state index in [1.165, 1.54) is 7.11 Å². The third-order valence-electron chi connectivity index (χ3n) is 5.02. The average molecular weight is 380 g/mol. The van der Waals surface area contributed by atoms with Crippen molar-refractivity contribution in [3.63, 3.8) is 0 Å². The second kappa shape index (κ2) is 7.85. The number of amides is 1. The summed E-state index contributed by atoms with van der Waals surface area (Å²) in [5.41, 5.74) is 3.19. The van der Waals surface area contributed by atoms with Crippen molar-refractivity contribution in [2.75, 3.05) is 37.9 Å². The Labute approximate surface area is 163 Å². The Morgan fingerprint density at radius 1 is 1.21 bits per heavy atom. The number of likely N-dealkylation sites (tertiary alicyclic amines) is 1. The highest BCUT2D eigenvalue weighted by molar-refractivity contribution is 5.85. The van der Waals surface area contributed by atoms with Crippen LogP contribution in [0.4, 0.5) is 16.3 Å². The second-order valence-corrected chi connectivity index (χ2v) is 7.05. The Kier molecular flexibility index (Phi) is 5.12. The van der Waals surface area contributed by atoms with Gasteiger partial charge in [-0.3, -0.25) is 5.32 Å². The van der Waals surface area contributed by atoms with E-state index in [4.69, 9.17) is 5.10 Å². The molecule has 0 saturated carbocycles. The number of hydrogen-bond acceptors (Lipinski definition) is 6. The summed E-state index contributed by atoms with van der Waals surface area (Å²) in [5.74, 6) is 0.838. The number of piperidine rings is 1. The van der Waals surface area contributed by atoms with Gasteiger partial charge in [0.25, 0.3) is 0 Å². The van der Waals surface area contributed by atoms with Crippen molar-refractivity contribution in [1.82, 2.24) is 19.5 Å². The molecule has 0 radical (unpaired) electrons. The summed E-state index contributed by atoms with van der Waals surface area (Å²) in [6.07, 6.45) is 3.50. The largest absolute Gasteiger partial charge is 0.453 e. The summed E-state index contributed by atoms with van der Waals surface area (Å²) in [4.78, 5) is 18.3. The van der Waals surface area contributed by atoms with Gasteiger partial charge in [0.2, 0.25) is 0 Å². The SMILES string of the molecule is COC(=O)Nc1cccc(-c2cnc3ccc(NC4CCN(C)CC4)nn23)c1. The van der Waals surface area contributed by atoms with Crippen molar-refractivity contribution in [3.8, 4) is 11.3 Å². The first-order valence-corrected chi connectivity index (χ1v) is 9.37. The zero-order valence-electron chi connectivity index (χ0n) is 16.1. The molecule has 2 N–H and O–H groups in total. The van der Waals surface area contributed by atoms with Gasteiger partial charge in [0.15, 0.2) is 5.65 Å². The van der Waals surface area contributed by atoms with Crippen molar-refractivity contribution in [2.24, 2.45) is 0 Å². The number of imidazole rings is 1. The number of ether oxygens (including phenoxy) is 1. The van der Waals surface area contributed by atoms with Gasteiger partial charge in [-0.25, -0.2) is 14.3 Å². The van der Waals surface area contributed by atoms with E-state index in [1.54, 1.807) is 6.20 Å². The zero-order chi connectivity index (χ0) is 19.5. The Hall–Kier alpha value is -3.13. The predicted molar refractivity (Wildman–Crippen MR) is 109 cm³/mol. The summed E-state index contributed by atoms with van der Waals surface area (Å²) in [6.45, 7) is 2.19. The molecule has 3 heterocycles. The van der Waals surface area contributed by atoms with Crippen LogP contribution in [0.5, 0.6) is 0 Å². The van der Waals surface area contributed by atoms with E-state index in [-0.39, 0.29) is 0 Å². The number of nitrogens with one attached hydrogen (secondary N) is 2. The number of carbonyl (C=O) groups is 1. The molecule has 1 saturated heterocycles. The standard InChI is InChI=1S/C20H24N6O2/c1-25-10-8-15(9-11-25)22-18-6-7-19-21-13-17(26(19)24-18)14-4-3-5-16(12-14)23-20(27)28-2/h3-7,12-13,15H,8-11H2,1-2H3,(H,22,24)(H,23,27). The smallest absolute Gasteiger partial charge is 0.411 e. The minimum Gasteiger partial charge on any atom is -0.453 e. The number of hydrogen-bond donors (Lipinski definition) is 2. The maximum absolute atomic E-state index is 11.5.